The number of piperidine rings is 1. The van der Waals surface area contributed by atoms with Crippen molar-refractivity contribution < 1.29 is 9.59 Å². The topological polar surface area (TPSA) is 79.3 Å². The number of anilines is 2. The van der Waals surface area contributed by atoms with Crippen molar-refractivity contribution in [2.45, 2.75) is 44.6 Å². The Labute approximate surface area is 181 Å². The molecule has 2 aromatic rings. The first-order valence-corrected chi connectivity index (χ1v) is 10.8. The molecule has 1 fully saturated rings. The van der Waals surface area contributed by atoms with Crippen LogP contribution < -0.4 is 10.6 Å². The van der Waals surface area contributed by atoms with Crippen molar-refractivity contribution in [3.05, 3.63) is 53.2 Å². The Morgan fingerprint density at radius 2 is 1.87 bits per heavy atom. The molecule has 0 atom stereocenters. The predicted octanol–water partition coefficient (Wildman–Crippen LogP) is 4.84. The van der Waals surface area contributed by atoms with E-state index in [1.807, 2.05) is 21.7 Å². The minimum Gasteiger partial charge on any atom is -0.339 e. The number of para-hydroxylation sites is 1. The van der Waals surface area contributed by atoms with Crippen LogP contribution >= 0.6 is 11.6 Å². The molecule has 30 heavy (non-hydrogen) atoms. The van der Waals surface area contributed by atoms with Crippen LogP contribution in [0.2, 0.25) is 5.02 Å². The summed E-state index contributed by atoms with van der Waals surface area (Å²) < 4.78 is 1.84. The Bertz CT molecular complexity index is 947. The summed E-state index contributed by atoms with van der Waals surface area (Å²) in [5, 5.41) is 10.5. The van der Waals surface area contributed by atoms with Crippen molar-refractivity contribution >= 4 is 35.0 Å². The van der Waals surface area contributed by atoms with Gasteiger partial charge >= 0.3 is 6.03 Å². The second kappa shape index (κ2) is 9.34. The van der Waals surface area contributed by atoms with Gasteiger partial charge in [-0.1, -0.05) is 29.8 Å². The average Bonchev–Trinajstić information content (AvgIpc) is 3.23. The highest BCUT2D eigenvalue weighted by atomic mass is 35.5. The Morgan fingerprint density at radius 1 is 1.07 bits per heavy atom. The summed E-state index contributed by atoms with van der Waals surface area (Å²) in [4.78, 5) is 27.1. The highest BCUT2D eigenvalue weighted by Crippen LogP contribution is 2.28. The monoisotopic (exact) mass is 427 g/mol. The molecule has 0 unspecified atom stereocenters. The van der Waals surface area contributed by atoms with Crippen LogP contribution in [0, 0.1) is 0 Å². The van der Waals surface area contributed by atoms with Gasteiger partial charge in [0, 0.05) is 24.7 Å². The zero-order chi connectivity index (χ0) is 20.9. The van der Waals surface area contributed by atoms with Crippen LogP contribution in [0.3, 0.4) is 0 Å². The molecule has 2 aliphatic rings. The van der Waals surface area contributed by atoms with Gasteiger partial charge in [-0.05, 0) is 50.7 Å². The molecule has 2 N–H and O–H groups in total. The van der Waals surface area contributed by atoms with Gasteiger partial charge in [-0.2, -0.15) is 5.10 Å². The zero-order valence-corrected chi connectivity index (χ0v) is 17.6. The maximum atomic E-state index is 12.7. The number of benzene rings is 1. The number of nitrogens with one attached hydrogen (secondary N) is 2. The number of hydrogen-bond acceptors (Lipinski definition) is 3. The average molecular weight is 428 g/mol. The SMILES string of the molecule is O=C(Nc1ccccc1Cl)Nc1ccnn1C1CCN(C(=O)C2=CCCCC2)CC1. The molecule has 0 spiro atoms. The van der Waals surface area contributed by atoms with Crippen LogP contribution in [-0.4, -0.2) is 39.7 Å². The molecule has 4 rings (SSSR count). The summed E-state index contributed by atoms with van der Waals surface area (Å²) in [6.45, 7) is 1.40. The molecule has 1 saturated heterocycles. The number of rotatable bonds is 4. The van der Waals surface area contributed by atoms with E-state index in [4.69, 9.17) is 11.6 Å². The third-order valence-corrected chi connectivity index (χ3v) is 6.03. The quantitative estimate of drug-likeness (QED) is 0.732. The summed E-state index contributed by atoms with van der Waals surface area (Å²) in [6.07, 6.45) is 9.58. The van der Waals surface area contributed by atoms with E-state index in [0.29, 0.717) is 29.6 Å². The van der Waals surface area contributed by atoms with Crippen LogP contribution in [0.5, 0.6) is 0 Å². The fourth-order valence-corrected chi connectivity index (χ4v) is 4.27. The summed E-state index contributed by atoms with van der Waals surface area (Å²) in [7, 11) is 0. The number of likely N-dealkylation sites (tertiary alicyclic amines) is 1. The molecule has 158 valence electrons. The highest BCUT2D eigenvalue weighted by molar-refractivity contribution is 6.33. The van der Waals surface area contributed by atoms with Gasteiger partial charge < -0.3 is 10.2 Å². The summed E-state index contributed by atoms with van der Waals surface area (Å²) in [5.74, 6) is 0.811. The zero-order valence-electron chi connectivity index (χ0n) is 16.8. The van der Waals surface area contributed by atoms with Gasteiger partial charge in [-0.3, -0.25) is 10.1 Å². The summed E-state index contributed by atoms with van der Waals surface area (Å²) in [6, 6.07) is 8.62. The maximum absolute atomic E-state index is 12.7. The number of hydrogen-bond donors (Lipinski definition) is 2. The fraction of sp³-hybridized carbons (Fsp3) is 0.409. The largest absolute Gasteiger partial charge is 0.339 e. The minimum absolute atomic E-state index is 0.139. The Morgan fingerprint density at radius 3 is 2.60 bits per heavy atom. The van der Waals surface area contributed by atoms with E-state index in [9.17, 15) is 9.59 Å². The molecule has 1 aromatic carbocycles. The Hall–Kier alpha value is -2.80. The maximum Gasteiger partial charge on any atom is 0.324 e. The third kappa shape index (κ3) is 4.67. The van der Waals surface area contributed by atoms with E-state index in [1.165, 1.54) is 6.42 Å². The summed E-state index contributed by atoms with van der Waals surface area (Å²) >= 11 is 6.10. The van der Waals surface area contributed by atoms with Crippen molar-refractivity contribution in [2.75, 3.05) is 23.7 Å². The van der Waals surface area contributed by atoms with E-state index in [0.717, 1.165) is 37.7 Å². The number of allylic oxidation sites excluding steroid dienone is 1. The van der Waals surface area contributed by atoms with Gasteiger partial charge in [-0.25, -0.2) is 9.48 Å². The molecule has 7 nitrogen and oxygen atoms in total. The van der Waals surface area contributed by atoms with E-state index in [1.54, 1.807) is 24.4 Å². The first-order chi connectivity index (χ1) is 14.6. The molecular formula is C22H26ClN5O2. The molecule has 0 radical (unpaired) electrons. The highest BCUT2D eigenvalue weighted by Gasteiger charge is 2.27. The van der Waals surface area contributed by atoms with E-state index < -0.39 is 0 Å². The van der Waals surface area contributed by atoms with Crippen LogP contribution in [-0.2, 0) is 4.79 Å². The number of nitrogens with zero attached hydrogens (tertiary/aromatic N) is 3. The molecule has 0 bridgehead atoms. The molecule has 3 amide bonds. The van der Waals surface area contributed by atoms with Crippen molar-refractivity contribution in [3.8, 4) is 0 Å². The molecule has 1 aliphatic carbocycles. The smallest absolute Gasteiger partial charge is 0.324 e. The lowest BCUT2D eigenvalue weighted by Gasteiger charge is -2.33. The summed E-state index contributed by atoms with van der Waals surface area (Å²) in [5.41, 5.74) is 1.52. The van der Waals surface area contributed by atoms with Gasteiger partial charge in [0.25, 0.3) is 0 Å². The van der Waals surface area contributed by atoms with E-state index in [-0.39, 0.29) is 18.0 Å². The van der Waals surface area contributed by atoms with Crippen LogP contribution in [0.4, 0.5) is 16.3 Å². The minimum atomic E-state index is -0.373. The predicted molar refractivity (Wildman–Crippen MR) is 118 cm³/mol. The van der Waals surface area contributed by atoms with Crippen LogP contribution in [0.1, 0.15) is 44.6 Å². The standard InChI is InChI=1S/C22H26ClN5O2/c23-18-8-4-5-9-19(18)25-22(30)26-20-10-13-24-28(20)17-11-14-27(15-12-17)21(29)16-6-2-1-3-7-16/h4-6,8-10,13,17H,1-3,7,11-12,14-15H2,(H2,25,26,30). The first-order valence-electron chi connectivity index (χ1n) is 10.5. The fourth-order valence-electron chi connectivity index (χ4n) is 4.09. The number of aromatic nitrogens is 2. The van der Waals surface area contributed by atoms with E-state index >= 15 is 0 Å². The Balaban J connectivity index is 1.35. The van der Waals surface area contributed by atoms with Crippen molar-refractivity contribution in [1.82, 2.24) is 14.7 Å². The van der Waals surface area contributed by atoms with Crippen molar-refractivity contribution in [3.63, 3.8) is 0 Å². The molecule has 2 heterocycles. The van der Waals surface area contributed by atoms with Gasteiger partial charge in [0.15, 0.2) is 0 Å². The lowest BCUT2D eigenvalue weighted by molar-refractivity contribution is -0.128. The number of urea groups is 1. The lowest BCUT2D eigenvalue weighted by Crippen LogP contribution is -2.40. The molecule has 1 aliphatic heterocycles. The number of halogens is 1. The van der Waals surface area contributed by atoms with Crippen LogP contribution in [0.25, 0.3) is 0 Å². The normalized spacial score (nSPS) is 17.4. The molecule has 8 heteroatoms. The molecule has 1 aromatic heterocycles. The third-order valence-electron chi connectivity index (χ3n) is 5.70. The Kier molecular flexibility index (Phi) is 6.38. The van der Waals surface area contributed by atoms with Crippen molar-refractivity contribution in [2.24, 2.45) is 0 Å². The second-order valence-corrected chi connectivity index (χ2v) is 8.13. The molecule has 0 saturated carbocycles. The number of carbonyl (C=O) groups is 2. The van der Waals surface area contributed by atoms with Gasteiger partial charge in [0.1, 0.15) is 5.82 Å². The van der Waals surface area contributed by atoms with E-state index in [2.05, 4.69) is 21.8 Å². The number of amides is 3. The van der Waals surface area contributed by atoms with Crippen LogP contribution in [0.15, 0.2) is 48.2 Å². The van der Waals surface area contributed by atoms with Gasteiger partial charge in [-0.15, -0.1) is 0 Å². The van der Waals surface area contributed by atoms with Gasteiger partial charge in [0.05, 0.1) is 22.9 Å². The van der Waals surface area contributed by atoms with Gasteiger partial charge in [0.2, 0.25) is 5.91 Å². The first kappa shape index (κ1) is 20.5. The lowest BCUT2D eigenvalue weighted by atomic mass is 9.97. The second-order valence-electron chi connectivity index (χ2n) is 7.72. The number of carbonyl (C=O) groups excluding carboxylic acids is 2. The molecular weight excluding hydrogens is 402 g/mol. The van der Waals surface area contributed by atoms with Crippen molar-refractivity contribution in [1.29, 1.82) is 0 Å².